The van der Waals surface area contributed by atoms with Gasteiger partial charge in [-0.3, -0.25) is 52.7 Å². The largest absolute Gasteiger partial charge is 0.508 e. The number of benzene rings is 4. The Morgan fingerprint density at radius 3 is 2.03 bits per heavy atom. The second-order valence-electron chi connectivity index (χ2n) is 23.7. The number of nitrogens with zero attached hydrogens (tertiary/aromatic N) is 2. The van der Waals surface area contributed by atoms with E-state index in [2.05, 4.69) is 57.5 Å². The number of aryl methyl sites for hydroxylation is 1. The van der Waals surface area contributed by atoms with Crippen LogP contribution in [-0.4, -0.2) is 175 Å². The number of unbranched alkanes of at least 4 members (excludes halogenated alkanes) is 1. The van der Waals surface area contributed by atoms with Crippen molar-refractivity contribution < 1.29 is 67.3 Å². The highest BCUT2D eigenvalue weighted by molar-refractivity contribution is 7.98. The molecule has 4 heterocycles. The zero-order valence-electron chi connectivity index (χ0n) is 53.2. The average molecular weight is 1370 g/mol. The third kappa shape index (κ3) is 22.4. The molecule has 27 nitrogen and oxygen atoms in total. The van der Waals surface area contributed by atoms with E-state index in [9.17, 15) is 67.3 Å². The van der Waals surface area contributed by atoms with Crippen molar-refractivity contribution in [3.8, 4) is 5.75 Å². The maximum Gasteiger partial charge on any atom is 0.305 e. The molecule has 97 heavy (non-hydrogen) atoms. The molecule has 1 fully saturated rings. The van der Waals surface area contributed by atoms with Crippen molar-refractivity contribution >= 4 is 99.5 Å². The summed E-state index contributed by atoms with van der Waals surface area (Å²) in [5.74, 6) is -9.30. The quantitative estimate of drug-likeness (QED) is 0.0611. The van der Waals surface area contributed by atoms with E-state index in [1.54, 1.807) is 30.3 Å². The number of carboxylic acid groups (broad SMARTS) is 1. The lowest BCUT2D eigenvalue weighted by molar-refractivity contribution is -0.143. The Labute approximate surface area is 566 Å². The van der Waals surface area contributed by atoms with E-state index in [-0.39, 0.29) is 75.1 Å². The first-order valence-corrected chi connectivity index (χ1v) is 34.2. The van der Waals surface area contributed by atoms with Gasteiger partial charge in [-0.2, -0.15) is 23.5 Å². The Hall–Kier alpha value is -9.81. The number of phenolic OH excluding ortho intramolecular Hbond substituents is 1. The molecule has 2 aromatic heterocycles. The van der Waals surface area contributed by atoms with Crippen LogP contribution in [0, 0.1) is 5.82 Å². The fourth-order valence-electron chi connectivity index (χ4n) is 11.3. The Bertz CT molecular complexity index is 3730. The van der Waals surface area contributed by atoms with Crippen molar-refractivity contribution in [1.29, 1.82) is 0 Å². The van der Waals surface area contributed by atoms with Crippen LogP contribution in [0.4, 0.5) is 4.39 Å². The van der Waals surface area contributed by atoms with Gasteiger partial charge in [0.1, 0.15) is 59.9 Å². The number of fused-ring (bicyclic) bond motifs is 4. The number of thioether (sulfide) groups is 2. The van der Waals surface area contributed by atoms with Gasteiger partial charge in [-0.1, -0.05) is 66.7 Å². The molecule has 30 heteroatoms. The van der Waals surface area contributed by atoms with Crippen LogP contribution in [0.3, 0.4) is 0 Å². The molecule has 0 saturated carbocycles. The predicted octanol–water partition coefficient (Wildman–Crippen LogP) is 1.56. The van der Waals surface area contributed by atoms with Crippen LogP contribution in [0.15, 0.2) is 116 Å². The summed E-state index contributed by atoms with van der Waals surface area (Å²) < 4.78 is 14.8. The predicted molar refractivity (Wildman–Crippen MR) is 360 cm³/mol. The summed E-state index contributed by atoms with van der Waals surface area (Å²) in [5.41, 5.74) is 15.7. The van der Waals surface area contributed by atoms with Crippen LogP contribution < -0.4 is 54.0 Å². The highest BCUT2D eigenvalue weighted by Crippen LogP contribution is 2.25. The van der Waals surface area contributed by atoms with Gasteiger partial charge in [0.2, 0.25) is 59.1 Å². The summed E-state index contributed by atoms with van der Waals surface area (Å²) >= 11 is 2.81. The van der Waals surface area contributed by atoms with Crippen molar-refractivity contribution in [2.75, 3.05) is 31.1 Å². The van der Waals surface area contributed by atoms with E-state index in [4.69, 9.17) is 11.5 Å². The lowest BCUT2D eigenvalue weighted by atomic mass is 10.0. The minimum atomic E-state index is -1.95. The molecule has 0 radical (unpaired) electrons. The van der Waals surface area contributed by atoms with E-state index in [0.717, 1.165) is 11.1 Å². The van der Waals surface area contributed by atoms with Crippen LogP contribution >= 0.6 is 23.5 Å². The van der Waals surface area contributed by atoms with Gasteiger partial charge in [0.05, 0.1) is 25.0 Å². The van der Waals surface area contributed by atoms with Gasteiger partial charge in [-0.25, -0.2) is 9.37 Å². The van der Waals surface area contributed by atoms with E-state index in [1.807, 2.05) is 24.3 Å². The number of aliphatic carboxylic acids is 1. The minimum absolute atomic E-state index is 0.0324. The summed E-state index contributed by atoms with van der Waals surface area (Å²) in [6, 6.07) is 14.6. The number of nitrogens with two attached hydrogens (primary N) is 2. The molecule has 2 bridgehead atoms. The second-order valence-corrected chi connectivity index (χ2v) is 25.9. The van der Waals surface area contributed by atoms with Gasteiger partial charge in [0.25, 0.3) is 0 Å². The molecular weight excluding hydrogens is 1290 g/mol. The SMILES string of the molecule is NCCCC[C@@H]1NC(=O)CCSCc2cccc(c2)CSC[C@@H](C(N)=O)NC(=O)[C@@H]2CCCN2C(=O)[C@H](Cc2ccc(O)cc2)NC(=O)[C@H](Cc2c[nH]cn2)NC(=O)[C@H](CC(=O)O)NC(=O)[C@H](CCc2ccccc2)NC(=O)[C@H](Cc2c[nH]c3ccc(F)cc23)NC(=O)CNC1=O. The molecule has 516 valence electrons. The Balaban J connectivity index is 1.11. The number of aromatic hydroxyl groups is 1. The number of phenols is 1. The number of H-pyrrole nitrogens is 2. The highest BCUT2D eigenvalue weighted by atomic mass is 32.2. The molecule has 1 saturated heterocycles. The van der Waals surface area contributed by atoms with Crippen molar-refractivity contribution in [1.82, 2.24) is 62.4 Å². The molecule has 8 rings (SSSR count). The van der Waals surface area contributed by atoms with Crippen molar-refractivity contribution in [2.24, 2.45) is 11.5 Å². The van der Waals surface area contributed by atoms with Gasteiger partial charge in [-0.05, 0) is 110 Å². The van der Waals surface area contributed by atoms with Gasteiger partial charge < -0.3 is 79.1 Å². The van der Waals surface area contributed by atoms with Gasteiger partial charge in [0.15, 0.2) is 0 Å². The van der Waals surface area contributed by atoms with Gasteiger partial charge in [-0.15, -0.1) is 0 Å². The molecule has 8 atom stereocenters. The van der Waals surface area contributed by atoms with Crippen LogP contribution in [-0.2, 0) is 89.9 Å². The van der Waals surface area contributed by atoms with Crippen LogP contribution in [0.5, 0.6) is 5.75 Å². The molecule has 4 aromatic carbocycles. The number of amides is 10. The minimum Gasteiger partial charge on any atom is -0.508 e. The average Bonchev–Trinajstić information content (AvgIpc) is 1.73. The van der Waals surface area contributed by atoms with E-state index >= 15 is 0 Å². The molecule has 0 spiro atoms. The first-order chi connectivity index (χ1) is 46.7. The number of halogens is 1. The smallest absolute Gasteiger partial charge is 0.305 e. The molecular formula is C67H81FN14O13S2. The first-order valence-electron chi connectivity index (χ1n) is 31.9. The number of carboxylic acids is 1. The van der Waals surface area contributed by atoms with E-state index < -0.39 is 132 Å². The number of carbonyl (C=O) groups excluding carboxylic acids is 10. The number of hydrogen-bond acceptors (Lipinski definition) is 16. The lowest BCUT2D eigenvalue weighted by Gasteiger charge is -2.31. The van der Waals surface area contributed by atoms with Gasteiger partial charge in [0, 0.05) is 78.5 Å². The zero-order chi connectivity index (χ0) is 69.4. The molecule has 0 aliphatic carbocycles. The van der Waals surface area contributed by atoms with Crippen LogP contribution in [0.1, 0.15) is 84.9 Å². The maximum absolute atomic E-state index is 15.0. The third-order valence-corrected chi connectivity index (χ3v) is 18.6. The Morgan fingerprint density at radius 1 is 0.649 bits per heavy atom. The molecule has 10 amide bonds. The number of hydrogen-bond donors (Lipinski definition) is 14. The molecule has 6 aromatic rings. The topological polar surface area (TPSA) is 424 Å². The third-order valence-electron chi connectivity index (χ3n) is 16.4. The standard InChI is InChI=1S/C67H81FN14O13S2/c68-44-17-21-48-47(29-44)43(32-72-48)28-51-63(91)77-50(20-16-39-8-2-1-3-9-39)62(90)79-53(31-59(86)87)65(93)78-52(30-45-33-71-38-74-45)64(92)80-54(27-40-14-18-46(83)19-15-40)67(95)82-24-7-13-56(82)66(94)81-55(60(70)88)37-97-36-42-11-6-10-41(26-42)35-96-25-22-57(84)75-49(12-4-5-23-69)61(89)73-34-58(85)76-51/h1-3,6,8-11,14-15,17-19,21,26,29,32-33,38,49-56,72,83H,4-5,7,12-13,16,20,22-25,27-28,30-31,34-37,69H2,(H2,70,88)(H,71,74)(H,73,89)(H,75,84)(H,76,85)(H,77,91)(H,78,93)(H,79,90)(H,80,92)(H,81,94)(H,86,87)/t49-,50-,51-,52-,53-,54-,55-,56-/m0/s1. The number of aromatic amines is 2. The number of rotatable bonds is 16. The number of imidazole rings is 1. The van der Waals surface area contributed by atoms with Gasteiger partial charge >= 0.3 is 5.97 Å². The van der Waals surface area contributed by atoms with Crippen molar-refractivity contribution in [3.05, 3.63) is 155 Å². The van der Waals surface area contributed by atoms with Crippen molar-refractivity contribution in [2.45, 2.75) is 137 Å². The number of aromatic nitrogens is 3. The summed E-state index contributed by atoms with van der Waals surface area (Å²) in [6.45, 7) is -0.320. The molecule has 2 aliphatic heterocycles. The molecule has 2 aliphatic rings. The number of nitrogens with one attached hydrogen (secondary N) is 10. The fraction of sp³-hybridized carbons (Fsp3) is 0.403. The van der Waals surface area contributed by atoms with Crippen LogP contribution in [0.2, 0.25) is 0 Å². The number of primary amides is 1. The summed E-state index contributed by atoms with van der Waals surface area (Å²) in [5, 5.41) is 41.9. The maximum atomic E-state index is 15.0. The molecule has 0 unspecified atom stereocenters. The summed E-state index contributed by atoms with van der Waals surface area (Å²) in [7, 11) is 0. The summed E-state index contributed by atoms with van der Waals surface area (Å²) in [4.78, 5) is 167. The van der Waals surface area contributed by atoms with E-state index in [1.165, 1.54) is 89.6 Å². The second kappa shape index (κ2) is 36.3. The summed E-state index contributed by atoms with van der Waals surface area (Å²) in [6.07, 6.45) is 3.98. The Morgan fingerprint density at radius 2 is 1.32 bits per heavy atom. The first kappa shape index (κ1) is 73.0. The molecule has 16 N–H and O–H groups in total. The fourth-order valence-corrected chi connectivity index (χ4v) is 13.2. The van der Waals surface area contributed by atoms with Crippen molar-refractivity contribution in [3.63, 3.8) is 0 Å². The van der Waals surface area contributed by atoms with Crippen LogP contribution in [0.25, 0.3) is 10.9 Å². The van der Waals surface area contributed by atoms with E-state index in [0.29, 0.717) is 70.7 Å². The highest BCUT2D eigenvalue weighted by Gasteiger charge is 2.41. The number of carbonyl (C=O) groups is 11. The normalized spacial score (nSPS) is 22.3. The lowest BCUT2D eigenvalue weighted by Crippen LogP contribution is -2.61. The zero-order valence-corrected chi connectivity index (χ0v) is 54.8. The Kier molecular flexibility index (Phi) is 27.4. The monoisotopic (exact) mass is 1370 g/mol.